The Hall–Kier alpha value is 0.250. The minimum Gasteiger partial charge on any atom is -0.156 e. The lowest BCUT2D eigenvalue weighted by Gasteiger charge is -1.99. The highest BCUT2D eigenvalue weighted by Gasteiger charge is 1.92. The second-order valence-electron chi connectivity index (χ2n) is 2.82. The molecule has 0 nitrogen and oxygen atoms in total. The SMILES string of the molecule is C=C=CSCCCCCSCC(=C)Cl. The molecule has 0 aliphatic heterocycles. The Kier molecular flexibility index (Phi) is 11.5. The van der Waals surface area contributed by atoms with Crippen LogP contribution in [0.25, 0.3) is 0 Å². The van der Waals surface area contributed by atoms with Crippen LogP contribution in [0, 0.1) is 0 Å². The number of rotatable bonds is 9. The molecule has 14 heavy (non-hydrogen) atoms. The fourth-order valence-electron chi connectivity index (χ4n) is 0.867. The maximum absolute atomic E-state index is 5.64. The third-order valence-corrected chi connectivity index (χ3v) is 3.76. The number of hydrogen-bond donors (Lipinski definition) is 0. The molecule has 0 N–H and O–H groups in total. The molecular weight excluding hydrogens is 232 g/mol. The molecule has 0 fully saturated rings. The zero-order chi connectivity index (χ0) is 10.6. The summed E-state index contributed by atoms with van der Waals surface area (Å²) in [6.45, 7) is 7.16. The Morgan fingerprint density at radius 3 is 2.64 bits per heavy atom. The quantitative estimate of drug-likeness (QED) is 0.430. The van der Waals surface area contributed by atoms with E-state index in [2.05, 4.69) is 18.9 Å². The molecule has 0 heterocycles. The van der Waals surface area contributed by atoms with Gasteiger partial charge in [0, 0.05) is 16.2 Å². The minimum absolute atomic E-state index is 0.752. The molecule has 0 unspecified atom stereocenters. The van der Waals surface area contributed by atoms with E-state index >= 15 is 0 Å². The maximum atomic E-state index is 5.64. The van der Waals surface area contributed by atoms with Crippen molar-refractivity contribution in [3.8, 4) is 0 Å². The van der Waals surface area contributed by atoms with Crippen LogP contribution in [0.15, 0.2) is 29.3 Å². The molecule has 0 spiro atoms. The first-order chi connectivity index (χ1) is 6.77. The molecule has 0 aliphatic carbocycles. The second kappa shape index (κ2) is 11.3. The van der Waals surface area contributed by atoms with Gasteiger partial charge < -0.3 is 0 Å². The van der Waals surface area contributed by atoms with Crippen molar-refractivity contribution in [2.24, 2.45) is 0 Å². The molecular formula is C11H17ClS2. The molecule has 0 aromatic heterocycles. The van der Waals surface area contributed by atoms with Crippen molar-refractivity contribution in [1.29, 1.82) is 0 Å². The van der Waals surface area contributed by atoms with Gasteiger partial charge >= 0.3 is 0 Å². The van der Waals surface area contributed by atoms with Gasteiger partial charge in [0.1, 0.15) is 0 Å². The monoisotopic (exact) mass is 248 g/mol. The summed E-state index contributed by atoms with van der Waals surface area (Å²) in [5, 5.41) is 2.67. The molecule has 0 amide bonds. The Morgan fingerprint density at radius 2 is 2.00 bits per heavy atom. The Morgan fingerprint density at radius 1 is 1.29 bits per heavy atom. The minimum atomic E-state index is 0.752. The highest BCUT2D eigenvalue weighted by Crippen LogP contribution is 2.13. The van der Waals surface area contributed by atoms with Crippen LogP contribution in [0.5, 0.6) is 0 Å². The van der Waals surface area contributed by atoms with Gasteiger partial charge in [-0.25, -0.2) is 0 Å². The molecule has 0 atom stereocenters. The Bertz CT molecular complexity index is 187. The van der Waals surface area contributed by atoms with Crippen LogP contribution < -0.4 is 0 Å². The highest BCUT2D eigenvalue weighted by atomic mass is 35.5. The predicted octanol–water partition coefficient (Wildman–Crippen LogP) is 4.67. The van der Waals surface area contributed by atoms with E-state index in [0.717, 1.165) is 10.8 Å². The lowest BCUT2D eigenvalue weighted by molar-refractivity contribution is 0.786. The Labute approximate surface area is 101 Å². The van der Waals surface area contributed by atoms with Crippen LogP contribution in [0.1, 0.15) is 19.3 Å². The maximum Gasteiger partial charge on any atom is 0.0286 e. The molecule has 0 aliphatic rings. The third-order valence-electron chi connectivity index (χ3n) is 1.48. The molecule has 0 aromatic rings. The molecule has 80 valence electrons. The standard InChI is InChI=1S/C11H17ClS2/c1-3-7-13-8-5-4-6-9-14-10-11(2)12/h7H,1-2,4-6,8-10H2. The molecule has 0 rings (SSSR count). The fourth-order valence-corrected chi connectivity index (χ4v) is 2.48. The van der Waals surface area contributed by atoms with Crippen molar-refractivity contribution < 1.29 is 0 Å². The summed E-state index contributed by atoms with van der Waals surface area (Å²) in [4.78, 5) is 0. The van der Waals surface area contributed by atoms with E-state index in [1.54, 1.807) is 11.8 Å². The van der Waals surface area contributed by atoms with Gasteiger partial charge in [0.2, 0.25) is 0 Å². The highest BCUT2D eigenvalue weighted by molar-refractivity contribution is 8.02. The normalized spacial score (nSPS) is 9.50. The van der Waals surface area contributed by atoms with E-state index in [0.29, 0.717) is 0 Å². The van der Waals surface area contributed by atoms with E-state index in [-0.39, 0.29) is 0 Å². The third kappa shape index (κ3) is 12.2. The molecule has 0 saturated heterocycles. The number of halogens is 1. The average Bonchev–Trinajstić information content (AvgIpc) is 2.15. The van der Waals surface area contributed by atoms with Crippen LogP contribution in [0.3, 0.4) is 0 Å². The topological polar surface area (TPSA) is 0 Å². The summed E-state index contributed by atoms with van der Waals surface area (Å²) in [6, 6.07) is 0. The smallest absolute Gasteiger partial charge is 0.0286 e. The average molecular weight is 249 g/mol. The molecule has 3 heteroatoms. The second-order valence-corrected chi connectivity index (χ2v) is 5.44. The van der Waals surface area contributed by atoms with Crippen molar-refractivity contribution in [1.82, 2.24) is 0 Å². The van der Waals surface area contributed by atoms with E-state index in [1.807, 2.05) is 17.2 Å². The lowest BCUT2D eigenvalue weighted by atomic mass is 10.3. The van der Waals surface area contributed by atoms with Crippen molar-refractivity contribution in [2.75, 3.05) is 17.3 Å². The van der Waals surface area contributed by atoms with Gasteiger partial charge in [-0.3, -0.25) is 0 Å². The van der Waals surface area contributed by atoms with Gasteiger partial charge in [-0.1, -0.05) is 31.2 Å². The van der Waals surface area contributed by atoms with E-state index in [9.17, 15) is 0 Å². The van der Waals surface area contributed by atoms with E-state index in [4.69, 9.17) is 11.6 Å². The van der Waals surface area contributed by atoms with Crippen molar-refractivity contribution >= 4 is 35.1 Å². The first kappa shape index (κ1) is 14.2. The first-order valence-corrected chi connectivity index (χ1v) is 7.22. The zero-order valence-electron chi connectivity index (χ0n) is 8.43. The van der Waals surface area contributed by atoms with Crippen LogP contribution in [-0.2, 0) is 0 Å². The number of thioether (sulfide) groups is 2. The fraction of sp³-hybridized carbons (Fsp3) is 0.545. The lowest BCUT2D eigenvalue weighted by Crippen LogP contribution is -1.85. The molecule has 0 radical (unpaired) electrons. The number of hydrogen-bond acceptors (Lipinski definition) is 2. The molecule has 0 saturated carbocycles. The summed E-state index contributed by atoms with van der Waals surface area (Å²) in [5.41, 5.74) is 2.75. The Balaban J connectivity index is 2.99. The predicted molar refractivity (Wildman–Crippen MR) is 72.3 cm³/mol. The van der Waals surface area contributed by atoms with Gasteiger partial charge in [0.05, 0.1) is 0 Å². The first-order valence-electron chi connectivity index (χ1n) is 4.64. The van der Waals surface area contributed by atoms with Crippen molar-refractivity contribution in [2.45, 2.75) is 19.3 Å². The summed E-state index contributed by atoms with van der Waals surface area (Å²) in [6.07, 6.45) is 3.83. The van der Waals surface area contributed by atoms with Crippen molar-refractivity contribution in [3.05, 3.63) is 29.3 Å². The summed E-state index contributed by atoms with van der Waals surface area (Å²) < 4.78 is 0. The summed E-state index contributed by atoms with van der Waals surface area (Å²) in [5.74, 6) is 3.25. The summed E-state index contributed by atoms with van der Waals surface area (Å²) in [7, 11) is 0. The van der Waals surface area contributed by atoms with Crippen molar-refractivity contribution in [3.63, 3.8) is 0 Å². The van der Waals surface area contributed by atoms with Gasteiger partial charge in [-0.05, 0) is 24.3 Å². The van der Waals surface area contributed by atoms with Crippen LogP contribution in [-0.4, -0.2) is 17.3 Å². The van der Waals surface area contributed by atoms with E-state index in [1.165, 1.54) is 30.8 Å². The molecule has 0 bridgehead atoms. The molecule has 0 aromatic carbocycles. The van der Waals surface area contributed by atoms with Crippen LogP contribution >= 0.6 is 35.1 Å². The number of unbranched alkanes of at least 4 members (excludes halogenated alkanes) is 2. The van der Waals surface area contributed by atoms with Gasteiger partial charge in [-0.2, -0.15) is 11.8 Å². The van der Waals surface area contributed by atoms with Gasteiger partial charge in [0.15, 0.2) is 0 Å². The van der Waals surface area contributed by atoms with Gasteiger partial charge in [-0.15, -0.1) is 17.5 Å². The van der Waals surface area contributed by atoms with Crippen LogP contribution in [0.2, 0.25) is 0 Å². The van der Waals surface area contributed by atoms with Gasteiger partial charge in [0.25, 0.3) is 0 Å². The summed E-state index contributed by atoms with van der Waals surface area (Å²) >= 11 is 9.28. The van der Waals surface area contributed by atoms with Crippen LogP contribution in [0.4, 0.5) is 0 Å². The largest absolute Gasteiger partial charge is 0.156 e. The zero-order valence-corrected chi connectivity index (χ0v) is 10.8. The van der Waals surface area contributed by atoms with E-state index < -0.39 is 0 Å².